The summed E-state index contributed by atoms with van der Waals surface area (Å²) < 4.78 is 0. The van der Waals surface area contributed by atoms with Gasteiger partial charge in [0.05, 0.1) is 17.4 Å². The summed E-state index contributed by atoms with van der Waals surface area (Å²) in [6.45, 7) is 4.07. The Bertz CT molecular complexity index is 907. The molecule has 3 nitrogen and oxygen atoms in total. The second kappa shape index (κ2) is 6.89. The molecule has 3 aromatic rings. The van der Waals surface area contributed by atoms with Crippen LogP contribution in [0.25, 0.3) is 0 Å². The summed E-state index contributed by atoms with van der Waals surface area (Å²) >= 11 is 1.70. The van der Waals surface area contributed by atoms with Gasteiger partial charge in [-0.2, -0.15) is 0 Å². The van der Waals surface area contributed by atoms with Crippen LogP contribution in [0.3, 0.4) is 0 Å². The van der Waals surface area contributed by atoms with Crippen LogP contribution in [-0.4, -0.2) is 6.03 Å². The number of aryl methyl sites for hydroxylation is 1. The number of fused-ring (bicyclic) bond motifs is 2. The zero-order chi connectivity index (χ0) is 18.1. The Labute approximate surface area is 158 Å². The van der Waals surface area contributed by atoms with Gasteiger partial charge in [-0.3, -0.25) is 4.90 Å². The molecule has 1 N–H and O–H groups in total. The molecule has 1 atom stereocenters. The van der Waals surface area contributed by atoms with Crippen molar-refractivity contribution in [3.05, 3.63) is 83.9 Å². The Morgan fingerprint density at radius 1 is 0.885 bits per heavy atom. The Hall–Kier alpha value is -2.72. The maximum Gasteiger partial charge on any atom is 0.327 e. The van der Waals surface area contributed by atoms with Gasteiger partial charge in [-0.05, 0) is 43.7 Å². The van der Waals surface area contributed by atoms with Crippen LogP contribution in [0.5, 0.6) is 0 Å². The van der Waals surface area contributed by atoms with Crippen LogP contribution in [-0.2, 0) is 0 Å². The number of amides is 2. The van der Waals surface area contributed by atoms with Gasteiger partial charge in [0.15, 0.2) is 0 Å². The van der Waals surface area contributed by atoms with E-state index in [1.165, 1.54) is 5.56 Å². The Balaban J connectivity index is 1.66. The van der Waals surface area contributed by atoms with Crippen molar-refractivity contribution in [3.63, 3.8) is 0 Å². The summed E-state index contributed by atoms with van der Waals surface area (Å²) in [6.07, 6.45) is 0. The van der Waals surface area contributed by atoms with Crippen molar-refractivity contribution in [2.75, 3.05) is 4.90 Å². The van der Waals surface area contributed by atoms with E-state index in [0.717, 1.165) is 26.7 Å². The van der Waals surface area contributed by atoms with Gasteiger partial charge in [-0.15, -0.1) is 0 Å². The molecule has 0 bridgehead atoms. The predicted molar refractivity (Wildman–Crippen MR) is 107 cm³/mol. The molecule has 0 saturated heterocycles. The second-order valence-corrected chi connectivity index (χ2v) is 7.54. The van der Waals surface area contributed by atoms with Crippen LogP contribution < -0.4 is 10.2 Å². The molecule has 2 amide bonds. The summed E-state index contributed by atoms with van der Waals surface area (Å²) in [6, 6.07) is 24.1. The number of benzene rings is 3. The molecule has 0 unspecified atom stereocenters. The molecule has 3 aromatic carbocycles. The molecular weight excluding hydrogens is 340 g/mol. The molecule has 0 aliphatic carbocycles. The summed E-state index contributed by atoms with van der Waals surface area (Å²) in [5.41, 5.74) is 4.15. The Kier molecular flexibility index (Phi) is 4.43. The fourth-order valence-corrected chi connectivity index (χ4v) is 4.17. The van der Waals surface area contributed by atoms with Gasteiger partial charge in [0.2, 0.25) is 0 Å². The molecular formula is C22H20N2OS. The van der Waals surface area contributed by atoms with E-state index in [9.17, 15) is 4.79 Å². The average molecular weight is 360 g/mol. The van der Waals surface area contributed by atoms with Crippen LogP contribution in [0.2, 0.25) is 0 Å². The number of nitrogens with zero attached hydrogens (tertiary/aromatic N) is 1. The van der Waals surface area contributed by atoms with Crippen LogP contribution >= 0.6 is 11.8 Å². The first kappa shape index (κ1) is 16.7. The molecule has 26 heavy (non-hydrogen) atoms. The van der Waals surface area contributed by atoms with Crippen molar-refractivity contribution in [3.8, 4) is 0 Å². The summed E-state index contributed by atoms with van der Waals surface area (Å²) in [4.78, 5) is 17.1. The van der Waals surface area contributed by atoms with Crippen molar-refractivity contribution in [2.45, 2.75) is 29.7 Å². The SMILES string of the molecule is Cc1ccc([C@@H](C)NC(=O)N2c3ccccc3Sc3ccccc32)cc1. The molecule has 0 saturated carbocycles. The van der Waals surface area contributed by atoms with Crippen LogP contribution in [0.4, 0.5) is 16.2 Å². The lowest BCUT2D eigenvalue weighted by Gasteiger charge is -2.32. The minimum atomic E-state index is -0.113. The van der Waals surface area contributed by atoms with Gasteiger partial charge in [0.1, 0.15) is 0 Å². The first-order valence-electron chi connectivity index (χ1n) is 8.66. The third-order valence-corrected chi connectivity index (χ3v) is 5.68. The number of hydrogen-bond acceptors (Lipinski definition) is 2. The van der Waals surface area contributed by atoms with E-state index in [0.29, 0.717) is 0 Å². The lowest BCUT2D eigenvalue weighted by Crippen LogP contribution is -2.39. The van der Waals surface area contributed by atoms with E-state index < -0.39 is 0 Å². The van der Waals surface area contributed by atoms with Crippen molar-refractivity contribution < 1.29 is 4.79 Å². The first-order valence-corrected chi connectivity index (χ1v) is 9.48. The van der Waals surface area contributed by atoms with Crippen LogP contribution in [0.1, 0.15) is 24.1 Å². The molecule has 0 fully saturated rings. The number of anilines is 2. The molecule has 1 heterocycles. The highest BCUT2D eigenvalue weighted by Gasteiger charge is 2.28. The largest absolute Gasteiger partial charge is 0.331 e. The van der Waals surface area contributed by atoms with E-state index in [1.54, 1.807) is 16.7 Å². The van der Waals surface area contributed by atoms with Gasteiger partial charge in [0, 0.05) is 9.79 Å². The summed E-state index contributed by atoms with van der Waals surface area (Å²) in [5, 5.41) is 3.14. The van der Waals surface area contributed by atoms with Crippen molar-refractivity contribution in [1.29, 1.82) is 0 Å². The van der Waals surface area contributed by atoms with E-state index in [-0.39, 0.29) is 12.1 Å². The van der Waals surface area contributed by atoms with Crippen LogP contribution in [0, 0.1) is 6.92 Å². The third kappa shape index (κ3) is 3.08. The minimum absolute atomic E-state index is 0.0722. The molecule has 0 aromatic heterocycles. The smallest absolute Gasteiger partial charge is 0.327 e. The predicted octanol–water partition coefficient (Wildman–Crippen LogP) is 6.07. The fraction of sp³-hybridized carbons (Fsp3) is 0.136. The van der Waals surface area contributed by atoms with Gasteiger partial charge in [0.25, 0.3) is 0 Å². The van der Waals surface area contributed by atoms with Gasteiger partial charge < -0.3 is 5.32 Å². The van der Waals surface area contributed by atoms with E-state index in [4.69, 9.17) is 0 Å². The lowest BCUT2D eigenvalue weighted by atomic mass is 10.1. The highest BCUT2D eigenvalue weighted by Crippen LogP contribution is 2.47. The topological polar surface area (TPSA) is 32.3 Å². The molecule has 1 aliphatic rings. The summed E-state index contributed by atoms with van der Waals surface area (Å²) in [7, 11) is 0. The quantitative estimate of drug-likeness (QED) is 0.601. The van der Waals surface area contributed by atoms with Crippen molar-refractivity contribution in [2.24, 2.45) is 0 Å². The zero-order valence-electron chi connectivity index (χ0n) is 14.8. The van der Waals surface area contributed by atoms with Crippen molar-refractivity contribution >= 4 is 29.2 Å². The van der Waals surface area contributed by atoms with E-state index >= 15 is 0 Å². The Morgan fingerprint density at radius 2 is 1.42 bits per heavy atom. The molecule has 4 heteroatoms. The molecule has 0 spiro atoms. The molecule has 1 aliphatic heterocycles. The molecule has 0 radical (unpaired) electrons. The number of hydrogen-bond donors (Lipinski definition) is 1. The maximum atomic E-state index is 13.2. The van der Waals surface area contributed by atoms with Crippen molar-refractivity contribution in [1.82, 2.24) is 5.32 Å². The number of rotatable bonds is 2. The van der Waals surface area contributed by atoms with E-state index in [1.807, 2.05) is 43.3 Å². The maximum absolute atomic E-state index is 13.2. The second-order valence-electron chi connectivity index (χ2n) is 6.45. The van der Waals surface area contributed by atoms with Gasteiger partial charge in [-0.1, -0.05) is 65.9 Å². The number of carbonyl (C=O) groups excluding carboxylic acids is 1. The lowest BCUT2D eigenvalue weighted by molar-refractivity contribution is 0.245. The Morgan fingerprint density at radius 3 is 2.00 bits per heavy atom. The monoisotopic (exact) mass is 360 g/mol. The first-order chi connectivity index (χ1) is 12.6. The highest BCUT2D eigenvalue weighted by molar-refractivity contribution is 7.99. The average Bonchev–Trinajstić information content (AvgIpc) is 2.66. The standard InChI is InChI=1S/C22H20N2OS/c1-15-11-13-17(14-12-15)16(2)23-22(25)24-18-7-3-5-9-20(18)26-21-10-6-4-8-19(21)24/h3-14,16H,1-2H3,(H,23,25)/t16-/m1/s1. The van der Waals surface area contributed by atoms with Gasteiger partial charge >= 0.3 is 6.03 Å². The highest BCUT2D eigenvalue weighted by atomic mass is 32.2. The number of para-hydroxylation sites is 2. The van der Waals surface area contributed by atoms with Crippen LogP contribution in [0.15, 0.2) is 82.6 Å². The number of nitrogens with one attached hydrogen (secondary N) is 1. The van der Waals surface area contributed by atoms with Gasteiger partial charge in [-0.25, -0.2) is 4.79 Å². The number of carbonyl (C=O) groups is 1. The fourth-order valence-electron chi connectivity index (χ4n) is 3.11. The number of urea groups is 1. The molecule has 4 rings (SSSR count). The summed E-state index contributed by atoms with van der Waals surface area (Å²) in [5.74, 6) is 0. The third-order valence-electron chi connectivity index (χ3n) is 4.55. The minimum Gasteiger partial charge on any atom is -0.331 e. The van der Waals surface area contributed by atoms with E-state index in [2.05, 4.69) is 48.6 Å². The zero-order valence-corrected chi connectivity index (χ0v) is 15.6. The molecule has 130 valence electrons. The normalized spacial score (nSPS) is 13.5.